The van der Waals surface area contributed by atoms with Gasteiger partial charge in [0.1, 0.15) is 6.42 Å². The fraction of sp³-hybridized carbons (Fsp3) is 0.286. The topological polar surface area (TPSA) is 89.0 Å². The van der Waals surface area contributed by atoms with Crippen molar-refractivity contribution < 1.29 is 19.1 Å². The molecule has 8 heteroatoms. The van der Waals surface area contributed by atoms with Crippen molar-refractivity contribution in [2.45, 2.75) is 26.7 Å². The highest BCUT2D eigenvalue weighted by Gasteiger charge is 2.10. The molecule has 0 saturated heterocycles. The summed E-state index contributed by atoms with van der Waals surface area (Å²) in [5.74, 6) is 0.219. The molecule has 0 heterocycles. The van der Waals surface area contributed by atoms with Crippen molar-refractivity contribution >= 4 is 35.3 Å². The van der Waals surface area contributed by atoms with Crippen molar-refractivity contribution in [2.24, 2.45) is 5.10 Å². The predicted molar refractivity (Wildman–Crippen MR) is 114 cm³/mol. The van der Waals surface area contributed by atoms with E-state index in [0.717, 1.165) is 12.0 Å². The summed E-state index contributed by atoms with van der Waals surface area (Å²) in [4.78, 5) is 23.9. The molecule has 2 rings (SSSR count). The van der Waals surface area contributed by atoms with Gasteiger partial charge in [-0.05, 0) is 54.8 Å². The second kappa shape index (κ2) is 11.1. The van der Waals surface area contributed by atoms with Gasteiger partial charge in [0.15, 0.2) is 11.5 Å². The standard InChI is InChI=1S/C21H24ClN3O4/c1-4-9-29-18-8-6-15(10-19(18)28-3)13-23-25-21(27)12-20(26)24-16-7-5-14(2)17(22)11-16/h5-8,10-11,13H,4,9,12H2,1-3H3,(H,24,26)(H,25,27). The number of methoxy groups -OCH3 is 1. The van der Waals surface area contributed by atoms with E-state index in [2.05, 4.69) is 15.8 Å². The Hall–Kier alpha value is -3.06. The van der Waals surface area contributed by atoms with Gasteiger partial charge in [-0.2, -0.15) is 5.10 Å². The first-order valence-electron chi connectivity index (χ1n) is 9.11. The Balaban J connectivity index is 1.86. The van der Waals surface area contributed by atoms with Crippen LogP contribution in [-0.4, -0.2) is 31.7 Å². The van der Waals surface area contributed by atoms with Crippen molar-refractivity contribution in [1.82, 2.24) is 5.43 Å². The Morgan fingerprint density at radius 1 is 1.14 bits per heavy atom. The van der Waals surface area contributed by atoms with Crippen LogP contribution >= 0.6 is 11.6 Å². The van der Waals surface area contributed by atoms with Crippen LogP contribution in [-0.2, 0) is 9.59 Å². The van der Waals surface area contributed by atoms with Crippen LogP contribution in [0.2, 0.25) is 5.02 Å². The first-order chi connectivity index (χ1) is 13.9. The van der Waals surface area contributed by atoms with E-state index in [9.17, 15) is 9.59 Å². The van der Waals surface area contributed by atoms with Crippen LogP contribution in [0.4, 0.5) is 5.69 Å². The molecule has 154 valence electrons. The lowest BCUT2D eigenvalue weighted by molar-refractivity contribution is -0.126. The number of anilines is 1. The summed E-state index contributed by atoms with van der Waals surface area (Å²) in [5, 5.41) is 7.03. The molecule has 2 aromatic carbocycles. The molecule has 0 fully saturated rings. The molecular weight excluding hydrogens is 394 g/mol. The minimum Gasteiger partial charge on any atom is -0.493 e. The Morgan fingerprint density at radius 3 is 2.62 bits per heavy atom. The monoisotopic (exact) mass is 417 g/mol. The molecule has 7 nitrogen and oxygen atoms in total. The van der Waals surface area contributed by atoms with Gasteiger partial charge in [0.05, 0.1) is 19.9 Å². The zero-order valence-electron chi connectivity index (χ0n) is 16.6. The van der Waals surface area contributed by atoms with E-state index >= 15 is 0 Å². The van der Waals surface area contributed by atoms with Crippen molar-refractivity contribution in [3.05, 3.63) is 52.5 Å². The fourth-order valence-corrected chi connectivity index (χ4v) is 2.52. The fourth-order valence-electron chi connectivity index (χ4n) is 2.34. The highest BCUT2D eigenvalue weighted by atomic mass is 35.5. The number of amides is 2. The van der Waals surface area contributed by atoms with E-state index in [1.54, 1.807) is 43.5 Å². The van der Waals surface area contributed by atoms with Gasteiger partial charge in [-0.3, -0.25) is 9.59 Å². The summed E-state index contributed by atoms with van der Waals surface area (Å²) in [6.45, 7) is 4.48. The predicted octanol–water partition coefficient (Wildman–Crippen LogP) is 3.92. The maximum atomic E-state index is 12.0. The summed E-state index contributed by atoms with van der Waals surface area (Å²) in [6, 6.07) is 10.4. The molecule has 0 aromatic heterocycles. The summed E-state index contributed by atoms with van der Waals surface area (Å²) in [7, 11) is 1.55. The van der Waals surface area contributed by atoms with Crippen LogP contribution < -0.4 is 20.2 Å². The Morgan fingerprint density at radius 2 is 1.93 bits per heavy atom. The smallest absolute Gasteiger partial charge is 0.249 e. The second-order valence-electron chi connectivity index (χ2n) is 6.24. The van der Waals surface area contributed by atoms with Gasteiger partial charge in [-0.25, -0.2) is 5.43 Å². The Kier molecular flexibility index (Phi) is 8.48. The van der Waals surface area contributed by atoms with E-state index < -0.39 is 11.8 Å². The van der Waals surface area contributed by atoms with Gasteiger partial charge >= 0.3 is 0 Å². The number of benzene rings is 2. The van der Waals surface area contributed by atoms with Gasteiger partial charge in [-0.15, -0.1) is 0 Å². The van der Waals surface area contributed by atoms with E-state index in [1.165, 1.54) is 6.21 Å². The number of halogens is 1. The number of hydrogen-bond donors (Lipinski definition) is 2. The third-order valence-electron chi connectivity index (χ3n) is 3.83. The lowest BCUT2D eigenvalue weighted by Gasteiger charge is -2.10. The molecule has 0 aliphatic heterocycles. The summed E-state index contributed by atoms with van der Waals surface area (Å²) < 4.78 is 10.9. The molecule has 29 heavy (non-hydrogen) atoms. The van der Waals surface area contributed by atoms with E-state index in [0.29, 0.717) is 34.4 Å². The summed E-state index contributed by atoms with van der Waals surface area (Å²) in [5.41, 5.74) is 4.47. The number of carbonyl (C=O) groups excluding carboxylic acids is 2. The van der Waals surface area contributed by atoms with Crippen LogP contribution in [0.15, 0.2) is 41.5 Å². The van der Waals surface area contributed by atoms with Crippen LogP contribution in [0.25, 0.3) is 0 Å². The summed E-state index contributed by atoms with van der Waals surface area (Å²) >= 11 is 6.02. The number of rotatable bonds is 9. The van der Waals surface area contributed by atoms with Crippen molar-refractivity contribution in [2.75, 3.05) is 19.0 Å². The molecule has 2 amide bonds. The molecule has 0 bridgehead atoms. The van der Waals surface area contributed by atoms with Gasteiger partial charge in [-0.1, -0.05) is 24.6 Å². The van der Waals surface area contributed by atoms with E-state index in [4.69, 9.17) is 21.1 Å². The highest BCUT2D eigenvalue weighted by molar-refractivity contribution is 6.31. The lowest BCUT2D eigenvalue weighted by atomic mass is 10.2. The molecule has 0 saturated carbocycles. The molecule has 0 aliphatic rings. The molecule has 2 N–H and O–H groups in total. The minimum atomic E-state index is -0.535. The van der Waals surface area contributed by atoms with Crippen molar-refractivity contribution in [3.8, 4) is 11.5 Å². The number of aryl methyl sites for hydroxylation is 1. The van der Waals surface area contributed by atoms with Gasteiger partial charge in [0.2, 0.25) is 11.8 Å². The van der Waals surface area contributed by atoms with Crippen LogP contribution in [0, 0.1) is 6.92 Å². The largest absolute Gasteiger partial charge is 0.493 e. The van der Waals surface area contributed by atoms with Crippen molar-refractivity contribution in [1.29, 1.82) is 0 Å². The molecular formula is C21H24ClN3O4. The van der Waals surface area contributed by atoms with Crippen LogP contribution in [0.1, 0.15) is 30.9 Å². The highest BCUT2D eigenvalue weighted by Crippen LogP contribution is 2.27. The lowest BCUT2D eigenvalue weighted by Crippen LogP contribution is -2.24. The second-order valence-corrected chi connectivity index (χ2v) is 6.65. The number of nitrogens with zero attached hydrogens (tertiary/aromatic N) is 1. The van der Waals surface area contributed by atoms with Gasteiger partial charge < -0.3 is 14.8 Å². The average molecular weight is 418 g/mol. The number of nitrogens with one attached hydrogen (secondary N) is 2. The minimum absolute atomic E-state index is 0.365. The van der Waals surface area contributed by atoms with Crippen molar-refractivity contribution in [3.63, 3.8) is 0 Å². The van der Waals surface area contributed by atoms with E-state index in [-0.39, 0.29) is 6.42 Å². The zero-order valence-corrected chi connectivity index (χ0v) is 17.4. The van der Waals surface area contributed by atoms with Gasteiger partial charge in [0.25, 0.3) is 0 Å². The third-order valence-corrected chi connectivity index (χ3v) is 4.24. The quantitative estimate of drug-likeness (QED) is 0.367. The third kappa shape index (κ3) is 7.12. The zero-order chi connectivity index (χ0) is 21.2. The number of hydrogen-bond acceptors (Lipinski definition) is 5. The Bertz CT molecular complexity index is 899. The normalized spacial score (nSPS) is 10.6. The maximum Gasteiger partial charge on any atom is 0.249 e. The number of ether oxygens (including phenoxy) is 2. The number of carbonyl (C=O) groups is 2. The molecule has 0 aliphatic carbocycles. The summed E-state index contributed by atoms with van der Waals surface area (Å²) in [6.07, 6.45) is 1.99. The first kappa shape index (κ1) is 22.2. The van der Waals surface area contributed by atoms with E-state index in [1.807, 2.05) is 13.8 Å². The number of hydrazone groups is 1. The molecule has 0 atom stereocenters. The molecule has 0 spiro atoms. The maximum absolute atomic E-state index is 12.0. The first-order valence-corrected chi connectivity index (χ1v) is 9.49. The van der Waals surface area contributed by atoms with Gasteiger partial charge in [0, 0.05) is 10.7 Å². The molecule has 0 unspecified atom stereocenters. The van der Waals surface area contributed by atoms with Crippen LogP contribution in [0.5, 0.6) is 11.5 Å². The SMILES string of the molecule is CCCOc1ccc(C=NNC(=O)CC(=O)Nc2ccc(C)c(Cl)c2)cc1OC. The van der Waals surface area contributed by atoms with Crippen LogP contribution in [0.3, 0.4) is 0 Å². The average Bonchev–Trinajstić information content (AvgIpc) is 2.69. The molecule has 0 radical (unpaired) electrons. The molecule has 2 aromatic rings. The Labute approximate surface area is 175 Å².